The van der Waals surface area contributed by atoms with E-state index in [0.29, 0.717) is 30.1 Å². The molecule has 0 heterocycles. The van der Waals surface area contributed by atoms with Crippen LogP contribution in [0.4, 0.5) is 0 Å². The van der Waals surface area contributed by atoms with Gasteiger partial charge in [-0.05, 0) is 85.0 Å². The molecule has 4 rings (SSSR count). The van der Waals surface area contributed by atoms with E-state index in [1.54, 1.807) is 0 Å². The topological polar surface area (TPSA) is 66.8 Å². The molecule has 2 fully saturated rings. The maximum atomic E-state index is 10.8. The molecule has 0 saturated heterocycles. The van der Waals surface area contributed by atoms with Crippen molar-refractivity contribution in [3.05, 3.63) is 29.3 Å². The first-order chi connectivity index (χ1) is 12.0. The zero-order valence-corrected chi connectivity index (χ0v) is 14.9. The van der Waals surface area contributed by atoms with Crippen LogP contribution < -0.4 is 0 Å². The lowest BCUT2D eigenvalue weighted by atomic mass is 9.55. The Balaban J connectivity index is 1.52. The van der Waals surface area contributed by atoms with Crippen LogP contribution in [0.5, 0.6) is 5.75 Å². The second-order valence-electron chi connectivity index (χ2n) is 8.42. The summed E-state index contributed by atoms with van der Waals surface area (Å²) in [4.78, 5) is 10.8. The van der Waals surface area contributed by atoms with Crippen molar-refractivity contribution in [3.8, 4) is 5.75 Å². The molecule has 0 spiro atoms. The average molecular weight is 344 g/mol. The molecule has 0 amide bonds. The minimum Gasteiger partial charge on any atom is -0.508 e. The van der Waals surface area contributed by atoms with E-state index in [9.17, 15) is 9.90 Å². The highest BCUT2D eigenvalue weighted by Crippen LogP contribution is 2.61. The third-order valence-corrected chi connectivity index (χ3v) is 7.26. The Morgan fingerprint density at radius 2 is 2.12 bits per heavy atom. The van der Waals surface area contributed by atoms with E-state index in [1.165, 1.54) is 30.4 Å². The lowest BCUT2D eigenvalue weighted by Gasteiger charge is -2.50. The maximum Gasteiger partial charge on any atom is 0.305 e. The van der Waals surface area contributed by atoms with E-state index in [1.807, 2.05) is 12.1 Å². The molecule has 136 valence electrons. The smallest absolute Gasteiger partial charge is 0.305 e. The zero-order valence-electron chi connectivity index (χ0n) is 14.9. The predicted octanol–water partition coefficient (Wildman–Crippen LogP) is 4.11. The second-order valence-corrected chi connectivity index (χ2v) is 8.42. The minimum atomic E-state index is -0.782. The van der Waals surface area contributed by atoms with Gasteiger partial charge in [0.2, 0.25) is 0 Å². The van der Waals surface area contributed by atoms with Crippen LogP contribution in [0.15, 0.2) is 18.2 Å². The van der Waals surface area contributed by atoms with E-state index in [2.05, 4.69) is 13.0 Å². The number of carbonyl (C=O) groups is 1. The number of hydrogen-bond acceptors (Lipinski definition) is 3. The summed E-state index contributed by atoms with van der Waals surface area (Å²) in [5.74, 6) is 1.58. The molecule has 0 unspecified atom stereocenters. The van der Waals surface area contributed by atoms with Crippen LogP contribution in [0, 0.1) is 17.3 Å². The van der Waals surface area contributed by atoms with E-state index in [4.69, 9.17) is 9.84 Å². The number of benzene rings is 1. The lowest BCUT2D eigenvalue weighted by molar-refractivity contribution is -0.139. The Kier molecular flexibility index (Phi) is 4.27. The van der Waals surface area contributed by atoms with Gasteiger partial charge in [0.15, 0.2) is 0 Å². The first kappa shape index (κ1) is 16.9. The fraction of sp³-hybridized carbons (Fsp3) is 0.667. The van der Waals surface area contributed by atoms with Gasteiger partial charge in [-0.15, -0.1) is 0 Å². The monoisotopic (exact) mass is 344 g/mol. The predicted molar refractivity (Wildman–Crippen MR) is 94.7 cm³/mol. The number of phenols is 1. The average Bonchev–Trinajstić information content (AvgIpc) is 2.91. The van der Waals surface area contributed by atoms with Crippen molar-refractivity contribution in [1.29, 1.82) is 0 Å². The number of ether oxygens (including phenoxy) is 1. The molecule has 2 N–H and O–H groups in total. The van der Waals surface area contributed by atoms with Gasteiger partial charge < -0.3 is 14.9 Å². The van der Waals surface area contributed by atoms with E-state index in [0.717, 1.165) is 19.3 Å². The summed E-state index contributed by atoms with van der Waals surface area (Å²) in [5.41, 5.74) is 2.97. The highest BCUT2D eigenvalue weighted by Gasteiger charge is 2.55. The molecule has 25 heavy (non-hydrogen) atoms. The Labute approximate surface area is 149 Å². The molecule has 0 bridgehead atoms. The van der Waals surface area contributed by atoms with Crippen LogP contribution in [0.2, 0.25) is 0 Å². The number of fused-ring (bicyclic) bond motifs is 5. The molecule has 0 aromatic heterocycles. The Morgan fingerprint density at radius 1 is 1.28 bits per heavy atom. The van der Waals surface area contributed by atoms with Crippen LogP contribution in [-0.2, 0) is 16.0 Å². The second kappa shape index (κ2) is 6.31. The zero-order chi connectivity index (χ0) is 17.6. The Morgan fingerprint density at radius 3 is 2.92 bits per heavy atom. The molecule has 3 aliphatic rings. The normalized spacial score (nSPS) is 36.4. The van der Waals surface area contributed by atoms with Gasteiger partial charge in [0.25, 0.3) is 0 Å². The summed E-state index contributed by atoms with van der Waals surface area (Å²) in [5, 5.41) is 18.6. The summed E-state index contributed by atoms with van der Waals surface area (Å²) in [6.45, 7) is 2.71. The van der Waals surface area contributed by atoms with E-state index in [-0.39, 0.29) is 17.9 Å². The molecule has 3 aliphatic carbocycles. The van der Waals surface area contributed by atoms with Gasteiger partial charge in [-0.1, -0.05) is 13.0 Å². The van der Waals surface area contributed by atoms with Crippen molar-refractivity contribution in [1.82, 2.24) is 0 Å². The Hall–Kier alpha value is -1.55. The highest BCUT2D eigenvalue weighted by atomic mass is 16.5. The van der Waals surface area contributed by atoms with Crippen LogP contribution in [0.25, 0.3) is 0 Å². The van der Waals surface area contributed by atoms with Crippen molar-refractivity contribution < 1.29 is 19.7 Å². The number of carboxylic acids is 1. The number of rotatable bonds is 4. The summed E-state index contributed by atoms with van der Waals surface area (Å²) >= 11 is 0. The fourth-order valence-corrected chi connectivity index (χ4v) is 6.08. The molecule has 0 radical (unpaired) electrons. The third-order valence-electron chi connectivity index (χ3n) is 7.26. The van der Waals surface area contributed by atoms with Crippen molar-refractivity contribution in [3.63, 3.8) is 0 Å². The minimum absolute atomic E-state index is 0.0974. The first-order valence-corrected chi connectivity index (χ1v) is 9.64. The molecular weight excluding hydrogens is 316 g/mol. The van der Waals surface area contributed by atoms with Crippen LogP contribution in [-0.4, -0.2) is 28.9 Å². The quantitative estimate of drug-likeness (QED) is 0.863. The van der Waals surface area contributed by atoms with Crippen molar-refractivity contribution in [2.45, 2.75) is 63.9 Å². The highest BCUT2D eigenvalue weighted by molar-refractivity contribution is 5.66. The number of phenolic OH excluding ortho intramolecular Hbond substituents is 1. The SMILES string of the molecule is C[C@]12CC[C@@H]3c4ccc(O)cc4CC[C@H]3[C@@H]1CC[C@@H]2OCCC(=O)O. The lowest BCUT2D eigenvalue weighted by Crippen LogP contribution is -2.44. The summed E-state index contributed by atoms with van der Waals surface area (Å²) < 4.78 is 6.04. The molecule has 5 atom stereocenters. The molecule has 0 aliphatic heterocycles. The first-order valence-electron chi connectivity index (χ1n) is 9.64. The summed E-state index contributed by atoms with van der Waals surface area (Å²) in [6, 6.07) is 5.92. The molecule has 1 aromatic carbocycles. The number of aliphatic carboxylic acids is 1. The van der Waals surface area contributed by atoms with Gasteiger partial charge in [0, 0.05) is 0 Å². The van der Waals surface area contributed by atoms with Crippen LogP contribution >= 0.6 is 0 Å². The summed E-state index contributed by atoms with van der Waals surface area (Å²) in [7, 11) is 0. The van der Waals surface area contributed by atoms with Crippen molar-refractivity contribution in [2.24, 2.45) is 17.3 Å². The third kappa shape index (κ3) is 2.84. The molecule has 4 heteroatoms. The van der Waals surface area contributed by atoms with Gasteiger partial charge in [-0.25, -0.2) is 0 Å². The van der Waals surface area contributed by atoms with E-state index >= 15 is 0 Å². The number of hydrogen-bond donors (Lipinski definition) is 2. The molecule has 2 saturated carbocycles. The number of aryl methyl sites for hydroxylation is 1. The van der Waals surface area contributed by atoms with Crippen molar-refractivity contribution in [2.75, 3.05) is 6.61 Å². The van der Waals surface area contributed by atoms with Gasteiger partial charge in [-0.3, -0.25) is 4.79 Å². The Bertz CT molecular complexity index is 670. The standard InChI is InChI=1S/C21H28O4/c1-21-10-8-16-15-5-3-14(22)12-13(15)2-4-17(16)18(21)6-7-19(21)25-11-9-20(23)24/h3,5,12,16-19,22H,2,4,6-11H2,1H3,(H,23,24)/t16-,17-,18+,19+,21+/m1/s1. The number of carboxylic acid groups (broad SMARTS) is 1. The van der Waals surface area contributed by atoms with Gasteiger partial charge in [0.05, 0.1) is 19.1 Å². The molecule has 4 nitrogen and oxygen atoms in total. The molecular formula is C21H28O4. The van der Waals surface area contributed by atoms with E-state index < -0.39 is 5.97 Å². The maximum absolute atomic E-state index is 10.8. The summed E-state index contributed by atoms with van der Waals surface area (Å²) in [6.07, 6.45) is 7.14. The number of aromatic hydroxyl groups is 1. The van der Waals surface area contributed by atoms with Crippen LogP contribution in [0.1, 0.15) is 62.5 Å². The molecule has 1 aromatic rings. The van der Waals surface area contributed by atoms with Gasteiger partial charge in [0.1, 0.15) is 5.75 Å². The van der Waals surface area contributed by atoms with Gasteiger partial charge in [-0.2, -0.15) is 0 Å². The van der Waals surface area contributed by atoms with Crippen molar-refractivity contribution >= 4 is 5.97 Å². The fourth-order valence-electron chi connectivity index (χ4n) is 6.08. The largest absolute Gasteiger partial charge is 0.508 e. The van der Waals surface area contributed by atoms with Crippen LogP contribution in [0.3, 0.4) is 0 Å². The van der Waals surface area contributed by atoms with Gasteiger partial charge >= 0.3 is 5.97 Å².